The molecule has 3 unspecified atom stereocenters. The van der Waals surface area contributed by atoms with Crippen molar-refractivity contribution in [2.24, 2.45) is 11.8 Å². The summed E-state index contributed by atoms with van der Waals surface area (Å²) in [4.78, 5) is 43.8. The standard InChI is InChI=1S/C21H25ClN4O3.C17H20ClN3O4S/c1-3-28-18-6-5-13(7-17(18)22)9-23-19-16(20(27)29-4-2)10-24-21(25-19)26-11-14-8-15(14)12-26;1-4-24-14-7-6-11(8-13(14)18)9-19-15-12(16(22)25-5-2)10-20-17(21-15)26(3)23/h5-7,10,14-15H,3-4,8-9,11-12H2,1-2H3,(H,23,24,25);6-8,10H,4-5,9H2,1-3H3,(H,19,20,21). The molecule has 2 aromatic heterocycles. The van der Waals surface area contributed by atoms with Crippen molar-refractivity contribution in [3.8, 4) is 11.5 Å². The second-order valence-electron chi connectivity index (χ2n) is 12.5. The van der Waals surface area contributed by atoms with Crippen molar-refractivity contribution in [1.29, 1.82) is 0 Å². The molecule has 1 aliphatic heterocycles. The molecule has 4 aromatic rings. The Morgan fingerprint density at radius 2 is 1.25 bits per heavy atom. The molecule has 55 heavy (non-hydrogen) atoms. The summed E-state index contributed by atoms with van der Waals surface area (Å²) in [7, 11) is -1.37. The second kappa shape index (κ2) is 19.7. The van der Waals surface area contributed by atoms with Gasteiger partial charge in [-0.05, 0) is 81.3 Å². The van der Waals surface area contributed by atoms with Crippen LogP contribution in [0.4, 0.5) is 17.6 Å². The number of nitrogens with zero attached hydrogens (tertiary/aromatic N) is 5. The van der Waals surface area contributed by atoms with E-state index in [2.05, 4.69) is 35.5 Å². The van der Waals surface area contributed by atoms with Gasteiger partial charge in [0.25, 0.3) is 0 Å². The molecule has 0 spiro atoms. The molecule has 3 atom stereocenters. The van der Waals surface area contributed by atoms with Gasteiger partial charge in [-0.2, -0.15) is 4.98 Å². The van der Waals surface area contributed by atoms with Gasteiger partial charge in [-0.1, -0.05) is 35.3 Å². The maximum absolute atomic E-state index is 12.3. The van der Waals surface area contributed by atoms with Crippen LogP contribution in [0.3, 0.4) is 0 Å². The number of benzene rings is 2. The number of carbonyl (C=O) groups excluding carboxylic acids is 2. The topological polar surface area (TPSA) is 167 Å². The summed E-state index contributed by atoms with van der Waals surface area (Å²) in [5.74, 6) is 3.20. The van der Waals surface area contributed by atoms with Gasteiger partial charge in [-0.25, -0.2) is 24.5 Å². The van der Waals surface area contributed by atoms with E-state index in [9.17, 15) is 13.8 Å². The number of hydrogen-bond acceptors (Lipinski definition) is 14. The number of rotatable bonds is 16. The van der Waals surface area contributed by atoms with E-state index in [1.807, 2.05) is 38.1 Å². The van der Waals surface area contributed by atoms with Gasteiger partial charge in [0.15, 0.2) is 0 Å². The van der Waals surface area contributed by atoms with E-state index in [4.69, 9.17) is 42.1 Å². The molecule has 3 heterocycles. The highest BCUT2D eigenvalue weighted by molar-refractivity contribution is 7.84. The third kappa shape index (κ3) is 11.2. The van der Waals surface area contributed by atoms with Crippen molar-refractivity contribution in [2.75, 3.05) is 61.3 Å². The monoisotopic (exact) mass is 813 g/mol. The van der Waals surface area contributed by atoms with Crippen molar-refractivity contribution >= 4 is 63.5 Å². The molecule has 0 bridgehead atoms. The van der Waals surface area contributed by atoms with E-state index >= 15 is 0 Å². The molecule has 0 amide bonds. The van der Waals surface area contributed by atoms with Crippen molar-refractivity contribution in [3.63, 3.8) is 0 Å². The number of hydrogen-bond donors (Lipinski definition) is 2. The minimum Gasteiger partial charge on any atom is -0.492 e. The Bertz CT molecular complexity index is 2000. The van der Waals surface area contributed by atoms with Gasteiger partial charge in [0.05, 0.1) is 47.3 Å². The molecule has 0 radical (unpaired) electrons. The third-order valence-corrected chi connectivity index (χ3v) is 9.87. The number of esters is 2. The molecule has 17 heteroatoms. The highest BCUT2D eigenvalue weighted by Gasteiger charge is 2.46. The Balaban J connectivity index is 0.000000213. The van der Waals surface area contributed by atoms with E-state index in [0.717, 1.165) is 36.1 Å². The normalized spacial score (nSPS) is 15.9. The smallest absolute Gasteiger partial charge is 0.343 e. The fourth-order valence-corrected chi connectivity index (χ4v) is 6.74. The van der Waals surface area contributed by atoms with Gasteiger partial charge in [0.1, 0.15) is 34.3 Å². The van der Waals surface area contributed by atoms with Crippen LogP contribution < -0.4 is 25.0 Å². The maximum Gasteiger partial charge on any atom is 0.343 e. The molecule has 2 N–H and O–H groups in total. The van der Waals surface area contributed by atoms with Crippen LogP contribution in [0.25, 0.3) is 0 Å². The minimum atomic E-state index is -1.37. The first kappa shape index (κ1) is 41.4. The Morgan fingerprint density at radius 3 is 1.71 bits per heavy atom. The Hall–Kier alpha value is -4.73. The predicted molar refractivity (Wildman–Crippen MR) is 212 cm³/mol. The van der Waals surface area contributed by atoms with Gasteiger partial charge in [0, 0.05) is 44.8 Å². The zero-order valence-corrected chi connectivity index (χ0v) is 33.7. The SMILES string of the molecule is CCOC(=O)c1cnc(N2CC3CC3C2)nc1NCc1ccc(OCC)c(Cl)c1.CCOC(=O)c1cnc(S(C)=O)nc1NCc1ccc(OCC)c(Cl)c1. The molecular formula is C38H45Cl2N7O7S. The second-order valence-corrected chi connectivity index (χ2v) is 14.6. The summed E-state index contributed by atoms with van der Waals surface area (Å²) in [5, 5.41) is 7.49. The number of piperidine rings is 1. The summed E-state index contributed by atoms with van der Waals surface area (Å²) < 4.78 is 32.7. The number of fused-ring (bicyclic) bond motifs is 1. The number of anilines is 3. The van der Waals surface area contributed by atoms with E-state index in [-0.39, 0.29) is 23.1 Å². The number of carbonyl (C=O) groups is 2. The summed E-state index contributed by atoms with van der Waals surface area (Å²) in [6.45, 7) is 11.7. The molecule has 1 saturated carbocycles. The Morgan fingerprint density at radius 1 is 0.764 bits per heavy atom. The van der Waals surface area contributed by atoms with Crippen LogP contribution in [-0.2, 0) is 33.4 Å². The molecule has 1 aliphatic carbocycles. The van der Waals surface area contributed by atoms with Gasteiger partial charge >= 0.3 is 11.9 Å². The lowest BCUT2D eigenvalue weighted by molar-refractivity contribution is 0.0516. The van der Waals surface area contributed by atoms with Crippen molar-refractivity contribution < 1.29 is 32.7 Å². The van der Waals surface area contributed by atoms with Crippen LogP contribution in [0.15, 0.2) is 53.9 Å². The third-order valence-electron chi connectivity index (χ3n) is 8.56. The molecule has 6 rings (SSSR count). The van der Waals surface area contributed by atoms with E-state index < -0.39 is 22.7 Å². The van der Waals surface area contributed by atoms with Crippen molar-refractivity contribution in [1.82, 2.24) is 19.9 Å². The number of halogens is 2. The highest BCUT2D eigenvalue weighted by atomic mass is 35.5. The molecule has 2 fully saturated rings. The number of ether oxygens (including phenoxy) is 4. The minimum absolute atomic E-state index is 0.130. The van der Waals surface area contributed by atoms with Gasteiger partial charge in [-0.15, -0.1) is 0 Å². The quantitative estimate of drug-likeness (QED) is 0.0893. The zero-order valence-electron chi connectivity index (χ0n) is 31.4. The molecule has 1 saturated heterocycles. The van der Waals surface area contributed by atoms with Crippen LogP contribution in [0.5, 0.6) is 11.5 Å². The zero-order chi connectivity index (χ0) is 39.5. The maximum atomic E-state index is 12.3. The van der Waals surface area contributed by atoms with Crippen LogP contribution in [0, 0.1) is 11.8 Å². The Kier molecular flexibility index (Phi) is 14.9. The largest absolute Gasteiger partial charge is 0.492 e. The van der Waals surface area contributed by atoms with Gasteiger partial charge < -0.3 is 34.5 Å². The van der Waals surface area contributed by atoms with E-state index in [0.29, 0.717) is 71.8 Å². The number of nitrogens with one attached hydrogen (secondary N) is 2. The first-order valence-corrected chi connectivity index (χ1v) is 20.3. The van der Waals surface area contributed by atoms with Crippen molar-refractivity contribution in [2.45, 2.75) is 52.4 Å². The van der Waals surface area contributed by atoms with Gasteiger partial charge in [0.2, 0.25) is 11.1 Å². The first-order valence-electron chi connectivity index (χ1n) is 18.0. The van der Waals surface area contributed by atoms with Crippen LogP contribution in [0.1, 0.15) is 66.0 Å². The van der Waals surface area contributed by atoms with E-state index in [1.165, 1.54) is 18.9 Å². The lowest BCUT2D eigenvalue weighted by Crippen LogP contribution is -2.25. The highest BCUT2D eigenvalue weighted by Crippen LogP contribution is 2.45. The fraction of sp³-hybridized carbons (Fsp3) is 0.421. The van der Waals surface area contributed by atoms with Crippen LogP contribution in [0.2, 0.25) is 10.0 Å². The first-order chi connectivity index (χ1) is 26.5. The van der Waals surface area contributed by atoms with Crippen molar-refractivity contribution in [3.05, 3.63) is 81.1 Å². The predicted octanol–water partition coefficient (Wildman–Crippen LogP) is 6.83. The molecule has 2 aliphatic rings. The lowest BCUT2D eigenvalue weighted by Gasteiger charge is -2.19. The average molecular weight is 815 g/mol. The number of aromatic nitrogens is 4. The van der Waals surface area contributed by atoms with E-state index in [1.54, 1.807) is 32.2 Å². The summed E-state index contributed by atoms with van der Waals surface area (Å²) in [6, 6.07) is 11.0. The summed E-state index contributed by atoms with van der Waals surface area (Å²) in [6.07, 6.45) is 5.64. The summed E-state index contributed by atoms with van der Waals surface area (Å²) >= 11 is 12.5. The van der Waals surface area contributed by atoms with Crippen LogP contribution >= 0.6 is 23.2 Å². The lowest BCUT2D eigenvalue weighted by atomic mass is 10.2. The van der Waals surface area contributed by atoms with Gasteiger partial charge in [-0.3, -0.25) is 4.21 Å². The Labute approximate surface area is 333 Å². The molecule has 294 valence electrons. The summed E-state index contributed by atoms with van der Waals surface area (Å²) in [5.41, 5.74) is 2.33. The molecule has 14 nitrogen and oxygen atoms in total. The fourth-order valence-electron chi connectivity index (χ4n) is 5.80. The van der Waals surface area contributed by atoms with Crippen LogP contribution in [-0.4, -0.2) is 81.9 Å². The molecular weight excluding hydrogens is 769 g/mol. The average Bonchev–Trinajstić information content (AvgIpc) is 3.79. The molecule has 2 aromatic carbocycles.